The number of rotatable bonds is 2. The van der Waals surface area contributed by atoms with E-state index in [1.54, 1.807) is 20.1 Å². The minimum atomic E-state index is -0.154. The molecule has 0 saturated carbocycles. The first-order chi connectivity index (χ1) is 8.50. The lowest BCUT2D eigenvalue weighted by Gasteiger charge is -2.11. The molecule has 0 aliphatic rings. The molecule has 4 nitrogen and oxygen atoms in total. The van der Waals surface area contributed by atoms with E-state index in [-0.39, 0.29) is 11.5 Å². The van der Waals surface area contributed by atoms with Crippen molar-refractivity contribution in [1.29, 1.82) is 0 Å². The van der Waals surface area contributed by atoms with Crippen molar-refractivity contribution in [2.75, 3.05) is 0 Å². The van der Waals surface area contributed by atoms with Crippen molar-refractivity contribution in [1.82, 2.24) is 9.79 Å². The molecule has 0 fully saturated rings. The molecule has 0 aliphatic heterocycles. The number of pyridine rings is 1. The van der Waals surface area contributed by atoms with Gasteiger partial charge in [-0.1, -0.05) is 23.7 Å². The standard InChI is InChI=1S/C12H12BClN2O2/c1-7(17)15-6-9-5-8-3-2-4-10(14)11(8)12(18)16(9)13/h2-5H,6,13H2,1H3,(H,15,17). The minimum absolute atomic E-state index is 0.131. The predicted octanol–water partition coefficient (Wildman–Crippen LogP) is 0.687. The van der Waals surface area contributed by atoms with Crippen molar-refractivity contribution in [3.05, 3.63) is 45.3 Å². The summed E-state index contributed by atoms with van der Waals surface area (Å²) in [5.74, 6) is -0.131. The fraction of sp³-hybridized carbons (Fsp3) is 0.167. The quantitative estimate of drug-likeness (QED) is 0.810. The largest absolute Gasteiger partial charge is 0.363 e. The molecule has 1 amide bonds. The maximum Gasteiger partial charge on any atom is 0.247 e. The van der Waals surface area contributed by atoms with E-state index in [4.69, 9.17) is 11.6 Å². The summed E-state index contributed by atoms with van der Waals surface area (Å²) in [4.78, 5) is 23.1. The Hall–Kier alpha value is -1.75. The van der Waals surface area contributed by atoms with Gasteiger partial charge < -0.3 is 9.79 Å². The average Bonchev–Trinajstić information content (AvgIpc) is 2.31. The van der Waals surface area contributed by atoms with Crippen molar-refractivity contribution < 1.29 is 4.79 Å². The number of nitrogens with one attached hydrogen (secondary N) is 1. The summed E-state index contributed by atoms with van der Waals surface area (Å²) in [6, 6.07) is 7.18. The normalized spacial score (nSPS) is 10.6. The lowest BCUT2D eigenvalue weighted by atomic mass is 10.1. The number of hydrogen-bond donors (Lipinski definition) is 1. The van der Waals surface area contributed by atoms with Crippen molar-refractivity contribution in [3.8, 4) is 0 Å². The number of benzene rings is 1. The summed E-state index contributed by atoms with van der Waals surface area (Å²) < 4.78 is 1.50. The van der Waals surface area contributed by atoms with E-state index >= 15 is 0 Å². The number of fused-ring (bicyclic) bond motifs is 1. The Kier molecular flexibility index (Phi) is 3.43. The summed E-state index contributed by atoms with van der Waals surface area (Å²) >= 11 is 6.03. The fourth-order valence-electron chi connectivity index (χ4n) is 1.85. The van der Waals surface area contributed by atoms with E-state index in [9.17, 15) is 9.59 Å². The van der Waals surface area contributed by atoms with Gasteiger partial charge in [0.05, 0.1) is 17.0 Å². The Bertz CT molecular complexity index is 682. The molecule has 6 heteroatoms. The molecule has 0 radical (unpaired) electrons. The highest BCUT2D eigenvalue weighted by Gasteiger charge is 2.08. The van der Waals surface area contributed by atoms with E-state index in [2.05, 4.69) is 5.32 Å². The number of aromatic nitrogens is 1. The van der Waals surface area contributed by atoms with Gasteiger partial charge in [-0.15, -0.1) is 0 Å². The van der Waals surface area contributed by atoms with E-state index < -0.39 is 0 Å². The fourth-order valence-corrected chi connectivity index (χ4v) is 2.11. The SMILES string of the molecule is Bn1c(CNC(C)=O)cc2cccc(Cl)c2c1=O. The van der Waals surface area contributed by atoms with Crippen molar-refractivity contribution in [2.45, 2.75) is 13.5 Å². The summed E-state index contributed by atoms with van der Waals surface area (Å²) in [5.41, 5.74) is 0.586. The topological polar surface area (TPSA) is 51.1 Å². The molecule has 0 saturated heterocycles. The van der Waals surface area contributed by atoms with E-state index in [0.717, 1.165) is 11.1 Å². The van der Waals surface area contributed by atoms with Gasteiger partial charge in [-0.05, 0) is 17.5 Å². The molecule has 0 aliphatic carbocycles. The monoisotopic (exact) mass is 262 g/mol. The third kappa shape index (κ3) is 2.26. The molecule has 92 valence electrons. The van der Waals surface area contributed by atoms with Crippen LogP contribution in [0.5, 0.6) is 0 Å². The molecular weight excluding hydrogens is 250 g/mol. The Balaban J connectivity index is 2.61. The van der Waals surface area contributed by atoms with E-state index in [1.807, 2.05) is 12.1 Å². The van der Waals surface area contributed by atoms with Crippen LogP contribution >= 0.6 is 11.6 Å². The zero-order valence-corrected chi connectivity index (χ0v) is 10.9. The van der Waals surface area contributed by atoms with Crippen LogP contribution in [0.25, 0.3) is 10.8 Å². The van der Waals surface area contributed by atoms with Crippen molar-refractivity contribution in [3.63, 3.8) is 0 Å². The summed E-state index contributed by atoms with van der Waals surface area (Å²) in [5, 5.41) is 4.41. The second kappa shape index (κ2) is 4.86. The molecule has 1 heterocycles. The highest BCUT2D eigenvalue weighted by molar-refractivity contribution is 6.35. The number of hydrogen-bond acceptors (Lipinski definition) is 2. The summed E-state index contributed by atoms with van der Waals surface area (Å²) in [6.45, 7) is 1.76. The number of halogens is 1. The maximum absolute atomic E-state index is 12.2. The molecule has 1 aromatic carbocycles. The third-order valence-corrected chi connectivity index (χ3v) is 3.15. The Morgan fingerprint density at radius 1 is 1.50 bits per heavy atom. The average molecular weight is 263 g/mol. The highest BCUT2D eigenvalue weighted by atomic mass is 35.5. The molecule has 2 rings (SSSR count). The number of nitrogens with zero attached hydrogens (tertiary/aromatic N) is 1. The number of carbonyl (C=O) groups excluding carboxylic acids is 1. The van der Waals surface area contributed by atoms with Crippen molar-refractivity contribution >= 4 is 36.3 Å². The molecule has 0 unspecified atom stereocenters. The Morgan fingerprint density at radius 2 is 2.22 bits per heavy atom. The molecule has 1 N–H and O–H groups in total. The first kappa shape index (κ1) is 12.7. The molecule has 0 spiro atoms. The molecule has 0 atom stereocenters. The van der Waals surface area contributed by atoms with E-state index in [1.165, 1.54) is 11.4 Å². The first-order valence-electron chi connectivity index (χ1n) is 5.52. The van der Waals surface area contributed by atoms with Crippen LogP contribution in [-0.4, -0.2) is 18.4 Å². The lowest BCUT2D eigenvalue weighted by molar-refractivity contribution is -0.119. The zero-order chi connectivity index (χ0) is 13.3. The Morgan fingerprint density at radius 3 is 2.89 bits per heavy atom. The zero-order valence-electron chi connectivity index (χ0n) is 10.2. The van der Waals surface area contributed by atoms with Gasteiger partial charge in [0.15, 0.2) is 0 Å². The molecule has 2 aromatic rings. The van der Waals surface area contributed by atoms with Gasteiger partial charge >= 0.3 is 0 Å². The van der Waals surface area contributed by atoms with Crippen LogP contribution in [0.15, 0.2) is 29.1 Å². The van der Waals surface area contributed by atoms with Crippen LogP contribution in [-0.2, 0) is 11.3 Å². The first-order valence-corrected chi connectivity index (χ1v) is 5.90. The summed E-state index contributed by atoms with van der Waals surface area (Å²) in [7, 11) is 1.67. The van der Waals surface area contributed by atoms with Gasteiger partial charge in [0.1, 0.15) is 0 Å². The van der Waals surface area contributed by atoms with Gasteiger partial charge in [-0.3, -0.25) is 9.59 Å². The van der Waals surface area contributed by atoms with Crippen LogP contribution in [0.1, 0.15) is 12.6 Å². The number of amides is 1. The highest BCUT2D eigenvalue weighted by Crippen LogP contribution is 2.20. The van der Waals surface area contributed by atoms with Crippen LogP contribution in [0.3, 0.4) is 0 Å². The van der Waals surface area contributed by atoms with Crippen LogP contribution < -0.4 is 10.9 Å². The molecule has 0 bridgehead atoms. The van der Waals surface area contributed by atoms with Gasteiger partial charge in [-0.2, -0.15) is 0 Å². The van der Waals surface area contributed by atoms with Gasteiger partial charge in [0, 0.05) is 12.6 Å². The van der Waals surface area contributed by atoms with Gasteiger partial charge in [-0.25, -0.2) is 0 Å². The van der Waals surface area contributed by atoms with Crippen LogP contribution in [0.2, 0.25) is 5.02 Å². The number of carbonyl (C=O) groups is 1. The lowest BCUT2D eigenvalue weighted by Crippen LogP contribution is -2.27. The molecule has 1 aromatic heterocycles. The van der Waals surface area contributed by atoms with Gasteiger partial charge in [0.25, 0.3) is 0 Å². The Labute approximate surface area is 110 Å². The van der Waals surface area contributed by atoms with Crippen molar-refractivity contribution in [2.24, 2.45) is 0 Å². The second-order valence-electron chi connectivity index (χ2n) is 4.11. The second-order valence-corrected chi connectivity index (χ2v) is 4.52. The van der Waals surface area contributed by atoms with Crippen LogP contribution in [0.4, 0.5) is 0 Å². The van der Waals surface area contributed by atoms with Crippen LogP contribution in [0, 0.1) is 0 Å². The molecule has 18 heavy (non-hydrogen) atoms. The van der Waals surface area contributed by atoms with Gasteiger partial charge in [0.2, 0.25) is 19.4 Å². The smallest absolute Gasteiger partial charge is 0.247 e. The minimum Gasteiger partial charge on any atom is -0.363 e. The summed E-state index contributed by atoms with van der Waals surface area (Å²) in [6.07, 6.45) is 0. The predicted molar refractivity (Wildman–Crippen MR) is 74.7 cm³/mol. The van der Waals surface area contributed by atoms with E-state index in [0.29, 0.717) is 17.0 Å². The third-order valence-electron chi connectivity index (χ3n) is 2.84. The maximum atomic E-state index is 12.2. The molecular formula is C12H12BClN2O2.